The van der Waals surface area contributed by atoms with Gasteiger partial charge in [0.15, 0.2) is 0 Å². The normalized spacial score (nSPS) is 22.6. The van der Waals surface area contributed by atoms with E-state index >= 15 is 0 Å². The smallest absolute Gasteiger partial charge is 0.336 e. The summed E-state index contributed by atoms with van der Waals surface area (Å²) in [6, 6.07) is 7.13. The third-order valence-electron chi connectivity index (χ3n) is 4.55. The highest BCUT2D eigenvalue weighted by molar-refractivity contribution is 5.89. The van der Waals surface area contributed by atoms with Crippen molar-refractivity contribution in [1.82, 2.24) is 4.90 Å². The second-order valence-corrected chi connectivity index (χ2v) is 6.18. The summed E-state index contributed by atoms with van der Waals surface area (Å²) in [4.78, 5) is 13.6. The van der Waals surface area contributed by atoms with E-state index in [1.165, 1.54) is 0 Å². The summed E-state index contributed by atoms with van der Waals surface area (Å²) < 4.78 is 5.17. The molecule has 0 aromatic heterocycles. The molecule has 0 unspecified atom stereocenters. The molecule has 1 aliphatic heterocycles. The zero-order chi connectivity index (χ0) is 16.0. The fraction of sp³-hybridized carbons (Fsp3) is 0.588. The molecule has 1 aliphatic rings. The van der Waals surface area contributed by atoms with Crippen LogP contribution in [0.2, 0.25) is 0 Å². The summed E-state index contributed by atoms with van der Waals surface area (Å²) in [5.74, 6) is -0.889. The Kier molecular flexibility index (Phi) is 5.94. The number of rotatable bonds is 7. The van der Waals surface area contributed by atoms with Crippen LogP contribution in [-0.2, 0) is 11.3 Å². The largest absolute Gasteiger partial charge is 0.478 e. The first-order valence-corrected chi connectivity index (χ1v) is 7.73. The molecular weight excluding hydrogens is 282 g/mol. The number of likely N-dealkylation sites (tertiary alicyclic amines) is 1. The zero-order valence-electron chi connectivity index (χ0n) is 13.1. The van der Waals surface area contributed by atoms with Crippen molar-refractivity contribution in [3.63, 3.8) is 0 Å². The van der Waals surface area contributed by atoms with Gasteiger partial charge in [-0.1, -0.05) is 18.2 Å². The third kappa shape index (κ3) is 4.06. The van der Waals surface area contributed by atoms with E-state index < -0.39 is 5.97 Å². The molecule has 0 saturated carbocycles. The van der Waals surface area contributed by atoms with Gasteiger partial charge in [0.2, 0.25) is 0 Å². The predicted molar refractivity (Wildman–Crippen MR) is 83.9 cm³/mol. The van der Waals surface area contributed by atoms with Crippen LogP contribution in [0, 0.1) is 5.41 Å². The molecular formula is C17H25NO4. The van der Waals surface area contributed by atoms with Crippen molar-refractivity contribution >= 4 is 5.97 Å². The van der Waals surface area contributed by atoms with Gasteiger partial charge in [-0.2, -0.15) is 0 Å². The van der Waals surface area contributed by atoms with Crippen LogP contribution < -0.4 is 0 Å². The molecule has 1 saturated heterocycles. The number of aliphatic hydroxyl groups excluding tert-OH is 1. The van der Waals surface area contributed by atoms with E-state index in [2.05, 4.69) is 4.90 Å². The summed E-state index contributed by atoms with van der Waals surface area (Å²) in [5.41, 5.74) is 1.06. The van der Waals surface area contributed by atoms with Crippen LogP contribution in [-0.4, -0.2) is 54.5 Å². The monoisotopic (exact) mass is 307 g/mol. The Morgan fingerprint density at radius 2 is 2.18 bits per heavy atom. The Balaban J connectivity index is 2.08. The van der Waals surface area contributed by atoms with Crippen molar-refractivity contribution in [2.24, 2.45) is 5.41 Å². The van der Waals surface area contributed by atoms with E-state index in [-0.39, 0.29) is 12.0 Å². The van der Waals surface area contributed by atoms with Crippen LogP contribution in [0.15, 0.2) is 24.3 Å². The van der Waals surface area contributed by atoms with Crippen LogP contribution in [0.5, 0.6) is 0 Å². The van der Waals surface area contributed by atoms with E-state index in [0.29, 0.717) is 18.7 Å². The standard InChI is InChI=1S/C17H25NO4/c1-22-10-8-17(13-19)7-4-9-18(12-17)11-14-5-2-3-6-15(14)16(20)21/h2-3,5-6,19H,4,7-13H2,1H3,(H,20,21)/t17-/m1/s1. The molecule has 1 aromatic rings. The average molecular weight is 307 g/mol. The maximum atomic E-state index is 11.3. The highest BCUT2D eigenvalue weighted by atomic mass is 16.5. The molecule has 2 rings (SSSR count). The Bertz CT molecular complexity index is 505. The molecule has 5 heteroatoms. The van der Waals surface area contributed by atoms with Gasteiger partial charge in [-0.15, -0.1) is 0 Å². The molecule has 2 N–H and O–H groups in total. The SMILES string of the molecule is COCC[C@]1(CO)CCCN(Cc2ccccc2C(=O)O)C1. The molecule has 22 heavy (non-hydrogen) atoms. The van der Waals surface area contributed by atoms with E-state index in [1.54, 1.807) is 19.2 Å². The number of benzene rings is 1. The molecule has 1 atom stereocenters. The van der Waals surface area contributed by atoms with Crippen LogP contribution in [0.3, 0.4) is 0 Å². The summed E-state index contributed by atoms with van der Waals surface area (Å²) in [6.45, 7) is 3.11. The van der Waals surface area contributed by atoms with Crippen molar-refractivity contribution in [1.29, 1.82) is 0 Å². The summed E-state index contributed by atoms with van der Waals surface area (Å²) in [5, 5.41) is 19.1. The fourth-order valence-electron chi connectivity index (χ4n) is 3.28. The van der Waals surface area contributed by atoms with Crippen LogP contribution in [0.1, 0.15) is 35.2 Å². The number of aliphatic hydroxyl groups is 1. The minimum absolute atomic E-state index is 0.133. The van der Waals surface area contributed by atoms with Crippen LogP contribution in [0.4, 0.5) is 0 Å². The maximum Gasteiger partial charge on any atom is 0.336 e. The first-order valence-electron chi connectivity index (χ1n) is 7.73. The molecule has 1 fully saturated rings. The molecule has 1 heterocycles. The number of nitrogens with zero attached hydrogens (tertiary/aromatic N) is 1. The second-order valence-electron chi connectivity index (χ2n) is 6.18. The first kappa shape index (κ1) is 16.9. The summed E-state index contributed by atoms with van der Waals surface area (Å²) in [7, 11) is 1.68. The average Bonchev–Trinajstić information content (AvgIpc) is 2.53. The molecule has 0 bridgehead atoms. The number of carbonyl (C=O) groups is 1. The lowest BCUT2D eigenvalue weighted by Gasteiger charge is -2.42. The van der Waals surface area contributed by atoms with Gasteiger partial charge in [0, 0.05) is 32.2 Å². The van der Waals surface area contributed by atoms with E-state index in [4.69, 9.17) is 4.74 Å². The Hall–Kier alpha value is -1.43. The number of ether oxygens (including phenoxy) is 1. The molecule has 0 spiro atoms. The molecule has 0 radical (unpaired) electrons. The number of aromatic carboxylic acids is 1. The second kappa shape index (κ2) is 7.72. The van der Waals surface area contributed by atoms with Gasteiger partial charge >= 0.3 is 5.97 Å². The maximum absolute atomic E-state index is 11.3. The summed E-state index contributed by atoms with van der Waals surface area (Å²) >= 11 is 0. The van der Waals surface area contributed by atoms with E-state index in [0.717, 1.165) is 37.9 Å². The van der Waals surface area contributed by atoms with Gasteiger partial charge in [-0.05, 0) is 37.4 Å². The number of methoxy groups -OCH3 is 1. The van der Waals surface area contributed by atoms with Gasteiger partial charge < -0.3 is 14.9 Å². The third-order valence-corrected chi connectivity index (χ3v) is 4.55. The lowest BCUT2D eigenvalue weighted by Crippen LogP contribution is -2.45. The van der Waals surface area contributed by atoms with Gasteiger partial charge in [-0.25, -0.2) is 4.79 Å². The number of carboxylic acid groups (broad SMARTS) is 1. The zero-order valence-corrected chi connectivity index (χ0v) is 13.1. The summed E-state index contributed by atoms with van der Waals surface area (Å²) in [6.07, 6.45) is 2.83. The van der Waals surface area contributed by atoms with Crippen molar-refractivity contribution in [3.8, 4) is 0 Å². The Morgan fingerprint density at radius 1 is 1.41 bits per heavy atom. The fourth-order valence-corrected chi connectivity index (χ4v) is 3.28. The first-order chi connectivity index (χ1) is 10.6. The Labute approximate surface area is 131 Å². The number of carboxylic acids is 1. The number of piperidine rings is 1. The molecule has 122 valence electrons. The molecule has 0 aliphatic carbocycles. The quantitative estimate of drug-likeness (QED) is 0.806. The van der Waals surface area contributed by atoms with Gasteiger partial charge in [0.05, 0.1) is 12.2 Å². The molecule has 5 nitrogen and oxygen atoms in total. The number of hydrogen-bond acceptors (Lipinski definition) is 4. The highest BCUT2D eigenvalue weighted by Gasteiger charge is 2.34. The van der Waals surface area contributed by atoms with Gasteiger partial charge in [-0.3, -0.25) is 4.90 Å². The van der Waals surface area contributed by atoms with E-state index in [1.807, 2.05) is 12.1 Å². The Morgan fingerprint density at radius 3 is 2.86 bits per heavy atom. The van der Waals surface area contributed by atoms with Crippen molar-refractivity contribution in [2.75, 3.05) is 33.4 Å². The van der Waals surface area contributed by atoms with E-state index in [9.17, 15) is 15.0 Å². The topological polar surface area (TPSA) is 70.0 Å². The number of hydrogen-bond donors (Lipinski definition) is 2. The van der Waals surface area contributed by atoms with Crippen molar-refractivity contribution < 1.29 is 19.7 Å². The van der Waals surface area contributed by atoms with Crippen molar-refractivity contribution in [3.05, 3.63) is 35.4 Å². The lowest BCUT2D eigenvalue weighted by molar-refractivity contribution is 0.00464. The molecule has 0 amide bonds. The molecule has 1 aromatic carbocycles. The van der Waals surface area contributed by atoms with Gasteiger partial charge in [0.1, 0.15) is 0 Å². The minimum atomic E-state index is -0.889. The van der Waals surface area contributed by atoms with Crippen LogP contribution in [0.25, 0.3) is 0 Å². The van der Waals surface area contributed by atoms with Crippen molar-refractivity contribution in [2.45, 2.75) is 25.8 Å². The van der Waals surface area contributed by atoms with Crippen LogP contribution >= 0.6 is 0 Å². The lowest BCUT2D eigenvalue weighted by atomic mass is 9.78. The predicted octanol–water partition coefficient (Wildman–Crippen LogP) is 2.00. The highest BCUT2D eigenvalue weighted by Crippen LogP contribution is 2.33. The minimum Gasteiger partial charge on any atom is -0.478 e. The van der Waals surface area contributed by atoms with Gasteiger partial charge in [0.25, 0.3) is 0 Å².